The lowest BCUT2D eigenvalue weighted by atomic mass is 10.3. The molecule has 0 bridgehead atoms. The predicted octanol–water partition coefficient (Wildman–Crippen LogP) is 0.834. The van der Waals surface area contributed by atoms with Crippen molar-refractivity contribution in [3.8, 4) is 0 Å². The summed E-state index contributed by atoms with van der Waals surface area (Å²) in [5, 5.41) is 6.48. The van der Waals surface area contributed by atoms with Gasteiger partial charge in [-0.1, -0.05) is 0 Å². The van der Waals surface area contributed by atoms with E-state index < -0.39 is 0 Å². The lowest BCUT2D eigenvalue weighted by Gasteiger charge is -2.27. The zero-order valence-corrected chi connectivity index (χ0v) is 10.6. The number of aromatic nitrogens is 1. The number of hydrogen-bond donors (Lipinski definition) is 2. The van der Waals surface area contributed by atoms with E-state index >= 15 is 0 Å². The smallest absolute Gasteiger partial charge is 0.170 e. The third-order valence-electron chi connectivity index (χ3n) is 2.57. The number of anilines is 2. The van der Waals surface area contributed by atoms with Crippen LogP contribution in [0.1, 0.15) is 0 Å². The van der Waals surface area contributed by atoms with Crippen molar-refractivity contribution < 1.29 is 4.74 Å². The van der Waals surface area contributed by atoms with Crippen molar-refractivity contribution in [1.29, 1.82) is 0 Å². The topological polar surface area (TPSA) is 49.4 Å². The first-order valence-corrected chi connectivity index (χ1v) is 5.98. The van der Waals surface area contributed by atoms with Gasteiger partial charge in [-0.25, -0.2) is 4.98 Å². The van der Waals surface area contributed by atoms with Crippen LogP contribution >= 0.6 is 12.2 Å². The second kappa shape index (κ2) is 5.79. The van der Waals surface area contributed by atoms with Gasteiger partial charge in [-0.15, -0.1) is 0 Å². The Morgan fingerprint density at radius 2 is 2.18 bits per heavy atom. The fraction of sp³-hybridized carbons (Fsp3) is 0.455. The highest BCUT2D eigenvalue weighted by atomic mass is 32.1. The van der Waals surface area contributed by atoms with Gasteiger partial charge in [0.2, 0.25) is 0 Å². The summed E-state index contributed by atoms with van der Waals surface area (Å²) in [6.07, 6.45) is 1.79. The number of pyridine rings is 1. The maximum atomic E-state index is 5.30. The van der Waals surface area contributed by atoms with Crippen LogP contribution in [0, 0.1) is 0 Å². The largest absolute Gasteiger partial charge is 0.378 e. The Hall–Kier alpha value is -1.40. The highest BCUT2D eigenvalue weighted by Gasteiger charge is 2.11. The standard InChI is InChI=1S/C11H16N4OS/c1-12-11(17)14-9-2-3-10(13-8-9)15-4-6-16-7-5-15/h2-3,8H,4-7H2,1H3,(H2,12,14,17). The molecule has 1 aromatic rings. The summed E-state index contributed by atoms with van der Waals surface area (Å²) in [5.74, 6) is 0.981. The number of hydrogen-bond acceptors (Lipinski definition) is 4. The second-order valence-electron chi connectivity index (χ2n) is 3.71. The molecule has 2 rings (SSSR count). The minimum Gasteiger partial charge on any atom is -0.378 e. The molecule has 0 radical (unpaired) electrons. The van der Waals surface area contributed by atoms with E-state index in [2.05, 4.69) is 20.5 Å². The molecule has 2 N–H and O–H groups in total. The van der Waals surface area contributed by atoms with Crippen LogP contribution in [-0.4, -0.2) is 43.4 Å². The van der Waals surface area contributed by atoms with Gasteiger partial charge in [-0.2, -0.15) is 0 Å². The molecule has 1 saturated heterocycles. The van der Waals surface area contributed by atoms with Crippen LogP contribution in [0.25, 0.3) is 0 Å². The van der Waals surface area contributed by atoms with Crippen LogP contribution in [0.2, 0.25) is 0 Å². The Bertz CT molecular complexity index is 376. The van der Waals surface area contributed by atoms with Crippen molar-refractivity contribution in [2.75, 3.05) is 43.6 Å². The molecule has 0 saturated carbocycles. The number of nitrogens with one attached hydrogen (secondary N) is 2. The highest BCUT2D eigenvalue weighted by molar-refractivity contribution is 7.80. The molecule has 0 atom stereocenters. The van der Waals surface area contributed by atoms with E-state index in [0.717, 1.165) is 37.8 Å². The average molecular weight is 252 g/mol. The van der Waals surface area contributed by atoms with Crippen LogP contribution in [0.3, 0.4) is 0 Å². The normalized spacial score (nSPS) is 15.5. The number of morpholine rings is 1. The first kappa shape index (κ1) is 12.1. The minimum absolute atomic E-state index is 0.589. The summed E-state index contributed by atoms with van der Waals surface area (Å²) in [6.45, 7) is 3.33. The van der Waals surface area contributed by atoms with Crippen LogP contribution in [0.5, 0.6) is 0 Å². The van der Waals surface area contributed by atoms with Crippen molar-refractivity contribution in [2.45, 2.75) is 0 Å². The van der Waals surface area contributed by atoms with Gasteiger partial charge in [0, 0.05) is 20.1 Å². The lowest BCUT2D eigenvalue weighted by molar-refractivity contribution is 0.122. The van der Waals surface area contributed by atoms with E-state index in [9.17, 15) is 0 Å². The van der Waals surface area contributed by atoms with Crippen LogP contribution in [-0.2, 0) is 4.74 Å². The summed E-state index contributed by atoms with van der Waals surface area (Å²) in [5.41, 5.74) is 0.890. The molecule has 1 fully saturated rings. The van der Waals surface area contributed by atoms with Crippen molar-refractivity contribution in [1.82, 2.24) is 10.3 Å². The Morgan fingerprint density at radius 1 is 1.41 bits per heavy atom. The minimum atomic E-state index is 0.589. The van der Waals surface area contributed by atoms with Gasteiger partial charge in [0.05, 0.1) is 25.1 Å². The molecule has 1 aliphatic rings. The molecule has 0 amide bonds. The molecule has 0 unspecified atom stereocenters. The van der Waals surface area contributed by atoms with E-state index in [1.54, 1.807) is 13.2 Å². The summed E-state index contributed by atoms with van der Waals surface area (Å²) >= 11 is 5.02. The summed E-state index contributed by atoms with van der Waals surface area (Å²) in [4.78, 5) is 6.62. The second-order valence-corrected chi connectivity index (χ2v) is 4.12. The van der Waals surface area contributed by atoms with Gasteiger partial charge < -0.3 is 20.3 Å². The lowest BCUT2D eigenvalue weighted by Crippen LogP contribution is -2.36. The van der Waals surface area contributed by atoms with Gasteiger partial charge in [0.25, 0.3) is 0 Å². The maximum absolute atomic E-state index is 5.30. The van der Waals surface area contributed by atoms with Gasteiger partial charge in [-0.05, 0) is 24.4 Å². The number of rotatable bonds is 2. The summed E-state index contributed by atoms with van der Waals surface area (Å²) in [7, 11) is 1.78. The number of ether oxygens (including phenoxy) is 1. The zero-order chi connectivity index (χ0) is 12.1. The van der Waals surface area contributed by atoms with Gasteiger partial charge in [0.15, 0.2) is 5.11 Å². The molecule has 0 aliphatic carbocycles. The van der Waals surface area contributed by atoms with Crippen LogP contribution in [0.4, 0.5) is 11.5 Å². The first-order chi connectivity index (χ1) is 8.29. The molecular formula is C11H16N4OS. The van der Waals surface area contributed by atoms with Gasteiger partial charge in [-0.3, -0.25) is 0 Å². The quantitative estimate of drug-likeness (QED) is 0.761. The molecule has 5 nitrogen and oxygen atoms in total. The molecule has 1 aliphatic heterocycles. The average Bonchev–Trinajstić information content (AvgIpc) is 2.40. The Morgan fingerprint density at radius 3 is 2.76 bits per heavy atom. The molecule has 6 heteroatoms. The fourth-order valence-corrected chi connectivity index (χ4v) is 1.75. The zero-order valence-electron chi connectivity index (χ0n) is 9.77. The van der Waals surface area contributed by atoms with Crippen LogP contribution in [0.15, 0.2) is 18.3 Å². The maximum Gasteiger partial charge on any atom is 0.170 e. The fourth-order valence-electron chi connectivity index (χ4n) is 1.63. The summed E-state index contributed by atoms with van der Waals surface area (Å²) < 4.78 is 5.30. The van der Waals surface area contributed by atoms with E-state index in [1.807, 2.05) is 12.1 Å². The van der Waals surface area contributed by atoms with Crippen molar-refractivity contribution in [3.63, 3.8) is 0 Å². The third-order valence-corrected chi connectivity index (χ3v) is 2.87. The Kier molecular flexibility index (Phi) is 4.11. The van der Waals surface area contributed by atoms with Crippen LogP contribution < -0.4 is 15.5 Å². The monoisotopic (exact) mass is 252 g/mol. The number of thiocarbonyl (C=S) groups is 1. The Labute approximate surface area is 106 Å². The van der Waals surface area contributed by atoms with Crippen molar-refractivity contribution >= 4 is 28.8 Å². The Balaban J connectivity index is 1.99. The molecular weight excluding hydrogens is 236 g/mol. The van der Waals surface area contributed by atoms with E-state index in [0.29, 0.717) is 5.11 Å². The van der Waals surface area contributed by atoms with Crippen molar-refractivity contribution in [3.05, 3.63) is 18.3 Å². The molecule has 92 valence electrons. The summed E-state index contributed by atoms with van der Waals surface area (Å²) in [6, 6.07) is 3.97. The molecule has 0 spiro atoms. The predicted molar refractivity (Wildman–Crippen MR) is 72.5 cm³/mol. The van der Waals surface area contributed by atoms with Crippen molar-refractivity contribution in [2.24, 2.45) is 0 Å². The van der Waals surface area contributed by atoms with E-state index in [4.69, 9.17) is 17.0 Å². The number of nitrogens with zero attached hydrogens (tertiary/aromatic N) is 2. The molecule has 0 aromatic carbocycles. The van der Waals surface area contributed by atoms with E-state index in [1.165, 1.54) is 0 Å². The van der Waals surface area contributed by atoms with Gasteiger partial charge >= 0.3 is 0 Å². The van der Waals surface area contributed by atoms with Gasteiger partial charge in [0.1, 0.15) is 5.82 Å². The molecule has 1 aromatic heterocycles. The third kappa shape index (κ3) is 3.28. The first-order valence-electron chi connectivity index (χ1n) is 5.57. The van der Waals surface area contributed by atoms with E-state index in [-0.39, 0.29) is 0 Å². The SMILES string of the molecule is CNC(=S)Nc1ccc(N2CCOCC2)nc1. The molecule has 17 heavy (non-hydrogen) atoms. The molecule has 2 heterocycles. The highest BCUT2D eigenvalue weighted by Crippen LogP contribution is 2.15.